The highest BCUT2D eigenvalue weighted by Gasteiger charge is 2.22. The van der Waals surface area contributed by atoms with Crippen molar-refractivity contribution in [1.29, 1.82) is 0 Å². The maximum absolute atomic E-state index is 12.8. The highest BCUT2D eigenvalue weighted by Crippen LogP contribution is 2.38. The van der Waals surface area contributed by atoms with Crippen LogP contribution in [-0.2, 0) is 32.7 Å². The number of unbranched alkanes of at least 4 members (excludes halogenated alkanes) is 38. The minimum absolute atomic E-state index is 0.0327. The quantitative estimate of drug-likeness (QED) is 0.0195. The van der Waals surface area contributed by atoms with Crippen LogP contribution in [0.3, 0.4) is 0 Å². The van der Waals surface area contributed by atoms with E-state index in [-0.39, 0.29) is 26.1 Å². The smallest absolute Gasteiger partial charge is 0.306 e. The Balaban J connectivity index is 3.92. The first kappa shape index (κ1) is 76.7. The lowest BCUT2D eigenvalue weighted by molar-refractivity contribution is -0.870. The van der Waals surface area contributed by atoms with Crippen molar-refractivity contribution in [1.82, 2.24) is 0 Å². The highest BCUT2D eigenvalue weighted by molar-refractivity contribution is 7.45. The molecule has 79 heavy (non-hydrogen) atoms. The van der Waals surface area contributed by atoms with Gasteiger partial charge in [0.15, 0.2) is 6.10 Å². The monoisotopic (exact) mass is 1130 g/mol. The standard InChI is InChI=1S/C69H128NO8P/c1-6-8-10-12-14-16-18-20-22-24-25-26-27-28-29-30-31-32-33-34-35-36-37-38-39-40-41-42-43-44-45-46-48-50-52-54-56-58-60-62-69(72)78-67(66-77-79(73,74)76-64-63-70(3,4)5)65-75-68(71)61-59-57-55-53-51-49-47-23-21-19-17-15-13-11-9-7-2/h17-20,23-25,27-28,47,67H,6-16,21-22,26,29-46,48-66H2,1-5H3/b19-17-,20-18-,25-24-,28-27-,47-23-. The molecule has 0 saturated carbocycles. The second-order valence-corrected chi connectivity index (χ2v) is 25.2. The SMILES string of the molecule is CCCCCC/C=C\C/C=C\CCCCCCCC(=O)OCC(COP(=O)([O-])OCC[N+](C)(C)C)OC(=O)CCCCCCCCCCCCCCCCCCCCCCCCCC/C=C\C/C=C\C/C=C\CCCCCCC. The largest absolute Gasteiger partial charge is 0.756 e. The number of carbonyl (C=O) groups excluding carboxylic acids is 2. The third-order valence-electron chi connectivity index (χ3n) is 14.8. The summed E-state index contributed by atoms with van der Waals surface area (Å²) in [5, 5.41) is 0. The van der Waals surface area contributed by atoms with Crippen LogP contribution in [0.5, 0.6) is 0 Å². The zero-order chi connectivity index (χ0) is 57.7. The third-order valence-corrected chi connectivity index (χ3v) is 15.7. The van der Waals surface area contributed by atoms with E-state index >= 15 is 0 Å². The molecule has 0 bridgehead atoms. The molecule has 2 unspecified atom stereocenters. The van der Waals surface area contributed by atoms with E-state index in [9.17, 15) is 19.0 Å². The number of hydrogen-bond donors (Lipinski definition) is 0. The molecular formula is C69H128NO8P. The van der Waals surface area contributed by atoms with Gasteiger partial charge in [-0.3, -0.25) is 14.2 Å². The third kappa shape index (κ3) is 64.7. The lowest BCUT2D eigenvalue weighted by Crippen LogP contribution is -2.37. The number of rotatable bonds is 62. The molecule has 0 amide bonds. The number of phosphoric ester groups is 1. The van der Waals surface area contributed by atoms with E-state index in [2.05, 4.69) is 74.6 Å². The van der Waals surface area contributed by atoms with Gasteiger partial charge in [-0.25, -0.2) is 0 Å². The van der Waals surface area contributed by atoms with Crippen LogP contribution in [0.2, 0.25) is 0 Å². The predicted octanol–water partition coefficient (Wildman–Crippen LogP) is 20.8. The summed E-state index contributed by atoms with van der Waals surface area (Å²) in [5.41, 5.74) is 0. The average molecular weight is 1130 g/mol. The summed E-state index contributed by atoms with van der Waals surface area (Å²) < 4.78 is 34.2. The first-order chi connectivity index (χ1) is 38.5. The van der Waals surface area contributed by atoms with Crippen molar-refractivity contribution >= 4 is 19.8 Å². The van der Waals surface area contributed by atoms with Gasteiger partial charge in [-0.05, 0) is 83.5 Å². The van der Waals surface area contributed by atoms with Crippen LogP contribution in [0.25, 0.3) is 0 Å². The number of quaternary nitrogens is 1. The summed E-state index contributed by atoms with van der Waals surface area (Å²) in [5.74, 6) is -0.838. The number of ether oxygens (including phenoxy) is 2. The molecule has 0 spiro atoms. The van der Waals surface area contributed by atoms with E-state index < -0.39 is 32.5 Å². The number of likely N-dealkylation sites (N-methyl/N-ethyl adjacent to an activating group) is 1. The van der Waals surface area contributed by atoms with Gasteiger partial charge in [0, 0.05) is 12.8 Å². The molecule has 0 rings (SSSR count). The van der Waals surface area contributed by atoms with Crippen LogP contribution < -0.4 is 4.89 Å². The van der Waals surface area contributed by atoms with Crippen molar-refractivity contribution in [3.05, 3.63) is 60.8 Å². The molecule has 0 aliphatic rings. The van der Waals surface area contributed by atoms with E-state index in [1.807, 2.05) is 21.1 Å². The summed E-state index contributed by atoms with van der Waals surface area (Å²) in [4.78, 5) is 37.9. The second-order valence-electron chi connectivity index (χ2n) is 23.8. The maximum Gasteiger partial charge on any atom is 0.306 e. The fourth-order valence-corrected chi connectivity index (χ4v) is 10.3. The molecule has 462 valence electrons. The van der Waals surface area contributed by atoms with Gasteiger partial charge >= 0.3 is 11.9 Å². The molecule has 0 N–H and O–H groups in total. The van der Waals surface area contributed by atoms with Crippen molar-refractivity contribution in [2.75, 3.05) is 47.5 Å². The Morgan fingerprint density at radius 1 is 0.392 bits per heavy atom. The number of allylic oxidation sites excluding steroid dienone is 10. The molecule has 0 fully saturated rings. The van der Waals surface area contributed by atoms with Gasteiger partial charge in [0.05, 0.1) is 27.7 Å². The average Bonchev–Trinajstić information content (AvgIpc) is 3.41. The Morgan fingerprint density at radius 2 is 0.684 bits per heavy atom. The van der Waals surface area contributed by atoms with Crippen LogP contribution in [0, 0.1) is 0 Å². The number of esters is 2. The Bertz CT molecular complexity index is 1520. The lowest BCUT2D eigenvalue weighted by Gasteiger charge is -2.28. The Hall–Kier alpha value is -2.29. The summed E-state index contributed by atoms with van der Waals surface area (Å²) in [7, 11) is 1.17. The van der Waals surface area contributed by atoms with Gasteiger partial charge in [-0.15, -0.1) is 0 Å². The summed E-state index contributed by atoms with van der Waals surface area (Å²) in [6.07, 6.45) is 78.8. The van der Waals surface area contributed by atoms with Crippen LogP contribution in [0.15, 0.2) is 60.8 Å². The van der Waals surface area contributed by atoms with Gasteiger partial charge < -0.3 is 27.9 Å². The molecule has 0 aliphatic heterocycles. The molecule has 10 heteroatoms. The van der Waals surface area contributed by atoms with Crippen LogP contribution in [-0.4, -0.2) is 70.0 Å². The molecular weight excluding hydrogens is 1000 g/mol. The molecule has 0 heterocycles. The predicted molar refractivity (Wildman–Crippen MR) is 337 cm³/mol. The minimum Gasteiger partial charge on any atom is -0.756 e. The number of phosphoric acid groups is 1. The zero-order valence-electron chi connectivity index (χ0n) is 52.6. The summed E-state index contributed by atoms with van der Waals surface area (Å²) >= 11 is 0. The van der Waals surface area contributed by atoms with E-state index in [0.29, 0.717) is 23.9 Å². The highest BCUT2D eigenvalue weighted by atomic mass is 31.2. The maximum atomic E-state index is 12.8. The molecule has 0 saturated heterocycles. The molecule has 0 aromatic carbocycles. The van der Waals surface area contributed by atoms with Crippen molar-refractivity contribution in [2.45, 2.75) is 322 Å². The Labute approximate surface area is 489 Å². The van der Waals surface area contributed by atoms with E-state index in [1.54, 1.807) is 0 Å². The fourth-order valence-electron chi connectivity index (χ4n) is 9.58. The normalized spacial score (nSPS) is 13.5. The van der Waals surface area contributed by atoms with Crippen LogP contribution in [0.4, 0.5) is 0 Å². The van der Waals surface area contributed by atoms with Gasteiger partial charge in [-0.1, -0.05) is 280 Å². The fraction of sp³-hybridized carbons (Fsp3) is 0.826. The van der Waals surface area contributed by atoms with Gasteiger partial charge in [0.25, 0.3) is 7.82 Å². The lowest BCUT2D eigenvalue weighted by atomic mass is 10.0. The topological polar surface area (TPSA) is 111 Å². The molecule has 0 aromatic rings. The zero-order valence-corrected chi connectivity index (χ0v) is 53.5. The van der Waals surface area contributed by atoms with Crippen LogP contribution >= 0.6 is 7.82 Å². The Kier molecular flexibility index (Phi) is 58.6. The van der Waals surface area contributed by atoms with Crippen LogP contribution in [0.1, 0.15) is 316 Å². The van der Waals surface area contributed by atoms with Gasteiger partial charge in [0.2, 0.25) is 0 Å². The first-order valence-electron chi connectivity index (χ1n) is 33.5. The van der Waals surface area contributed by atoms with Gasteiger partial charge in [0.1, 0.15) is 19.8 Å². The first-order valence-corrected chi connectivity index (χ1v) is 35.0. The van der Waals surface area contributed by atoms with Crippen molar-refractivity contribution in [3.63, 3.8) is 0 Å². The molecule has 9 nitrogen and oxygen atoms in total. The van der Waals surface area contributed by atoms with Crippen molar-refractivity contribution < 1.29 is 42.1 Å². The van der Waals surface area contributed by atoms with E-state index in [4.69, 9.17) is 18.5 Å². The number of carbonyl (C=O) groups is 2. The summed E-state index contributed by atoms with van der Waals surface area (Å²) in [6.45, 7) is 4.23. The van der Waals surface area contributed by atoms with Crippen molar-refractivity contribution in [2.24, 2.45) is 0 Å². The number of nitrogens with zero attached hydrogens (tertiary/aromatic N) is 1. The second kappa shape index (κ2) is 60.3. The molecule has 0 aliphatic carbocycles. The molecule has 0 aromatic heterocycles. The van der Waals surface area contributed by atoms with Crippen molar-refractivity contribution in [3.8, 4) is 0 Å². The minimum atomic E-state index is -4.64. The summed E-state index contributed by atoms with van der Waals surface area (Å²) in [6, 6.07) is 0. The van der Waals surface area contributed by atoms with E-state index in [1.165, 1.54) is 205 Å². The molecule has 0 radical (unpaired) electrons. The molecule has 2 atom stereocenters. The van der Waals surface area contributed by atoms with Gasteiger partial charge in [-0.2, -0.15) is 0 Å². The Morgan fingerprint density at radius 3 is 1.03 bits per heavy atom. The number of hydrogen-bond acceptors (Lipinski definition) is 8. The van der Waals surface area contributed by atoms with E-state index in [0.717, 1.165) is 70.6 Å².